The van der Waals surface area contributed by atoms with E-state index in [1.165, 1.54) is 14.2 Å². The summed E-state index contributed by atoms with van der Waals surface area (Å²) in [5.41, 5.74) is 7.01. The van der Waals surface area contributed by atoms with Crippen molar-refractivity contribution in [2.75, 3.05) is 31.0 Å². The van der Waals surface area contributed by atoms with Gasteiger partial charge < -0.3 is 29.6 Å². The number of hydrogen-bond acceptors (Lipinski definition) is 6. The zero-order chi connectivity index (χ0) is 29.1. The molecule has 2 atom stereocenters. The average molecular weight is 570 g/mol. The number of benzene rings is 2. The quantitative estimate of drug-likeness (QED) is 0.225. The van der Waals surface area contributed by atoms with Gasteiger partial charge >= 0.3 is 5.97 Å². The van der Waals surface area contributed by atoms with E-state index in [4.69, 9.17) is 21.7 Å². The molecule has 1 aliphatic heterocycles. The Kier molecular flexibility index (Phi) is 8.14. The molecule has 41 heavy (non-hydrogen) atoms. The summed E-state index contributed by atoms with van der Waals surface area (Å²) >= 11 is 5.89. The highest BCUT2D eigenvalue weighted by atomic mass is 32.1. The summed E-state index contributed by atoms with van der Waals surface area (Å²) in [7, 11) is 2.86. The number of thiocarbonyl (C=S) groups is 1. The summed E-state index contributed by atoms with van der Waals surface area (Å²) in [5.74, 6) is -0.597. The fourth-order valence-electron chi connectivity index (χ4n) is 5.33. The Hall–Kier alpha value is -4.54. The lowest BCUT2D eigenvalue weighted by atomic mass is 9.96. The van der Waals surface area contributed by atoms with Gasteiger partial charge in [-0.3, -0.25) is 9.78 Å². The van der Waals surface area contributed by atoms with Crippen LogP contribution >= 0.6 is 12.2 Å². The summed E-state index contributed by atoms with van der Waals surface area (Å²) in [6.45, 7) is 4.12. The molecular formula is C31H31N5O4S. The fraction of sp³-hybridized carbons (Fsp3) is 0.226. The van der Waals surface area contributed by atoms with Crippen molar-refractivity contribution in [3.05, 3.63) is 107 Å². The molecule has 0 radical (unpaired) electrons. The van der Waals surface area contributed by atoms with Crippen LogP contribution in [-0.2, 0) is 14.3 Å². The maximum Gasteiger partial charge on any atom is 0.337 e. The largest absolute Gasteiger partial charge is 0.465 e. The van der Waals surface area contributed by atoms with Crippen molar-refractivity contribution >= 4 is 40.6 Å². The molecule has 0 unspecified atom stereocenters. The predicted octanol–water partition coefficient (Wildman–Crippen LogP) is 5.04. The Balaban J connectivity index is 1.56. The van der Waals surface area contributed by atoms with Crippen LogP contribution in [-0.4, -0.2) is 47.4 Å². The highest BCUT2D eigenvalue weighted by molar-refractivity contribution is 7.80. The van der Waals surface area contributed by atoms with Gasteiger partial charge in [0, 0.05) is 41.8 Å². The fourth-order valence-corrected chi connectivity index (χ4v) is 5.68. The second-order valence-electron chi connectivity index (χ2n) is 9.73. The van der Waals surface area contributed by atoms with Crippen molar-refractivity contribution in [3.63, 3.8) is 0 Å². The first-order chi connectivity index (χ1) is 19.8. The normalized spacial score (nSPS) is 16.4. The van der Waals surface area contributed by atoms with Gasteiger partial charge in [-0.25, -0.2) is 4.79 Å². The van der Waals surface area contributed by atoms with Gasteiger partial charge in [0.15, 0.2) is 5.11 Å². The molecule has 2 aromatic carbocycles. The summed E-state index contributed by atoms with van der Waals surface area (Å²) in [5, 5.41) is 6.91. The van der Waals surface area contributed by atoms with E-state index in [-0.39, 0.29) is 30.6 Å². The number of nitrogens with zero attached hydrogens (tertiary/aromatic N) is 3. The number of anilines is 2. The smallest absolute Gasteiger partial charge is 0.337 e. The van der Waals surface area contributed by atoms with E-state index >= 15 is 0 Å². The van der Waals surface area contributed by atoms with Crippen LogP contribution in [0.3, 0.4) is 0 Å². The zero-order valence-corrected chi connectivity index (χ0v) is 24.1. The Morgan fingerprint density at radius 3 is 2.34 bits per heavy atom. The summed E-state index contributed by atoms with van der Waals surface area (Å²) in [6, 6.07) is 22.6. The third-order valence-electron chi connectivity index (χ3n) is 7.14. The summed E-state index contributed by atoms with van der Waals surface area (Å²) in [6.07, 6.45) is 1.78. The second-order valence-corrected chi connectivity index (χ2v) is 10.1. The predicted molar refractivity (Wildman–Crippen MR) is 161 cm³/mol. The lowest BCUT2D eigenvalue weighted by Crippen LogP contribution is -2.29. The minimum absolute atomic E-state index is 0.0171. The standard InChI is InChI=1S/C31H31N5O4S/c1-19-17-25(20(2)35(19)23-12-8-21(9-13-23)30(38)40-4)29-28(26-7-5-6-16-32-26)34-31(41)36(29)24-14-10-22(11-15-24)33-27(37)18-39-3/h5-17,28-29H,18H2,1-4H3,(H,33,37)(H,34,41)/t28-,29-/m1/s1. The summed E-state index contributed by atoms with van der Waals surface area (Å²) in [4.78, 5) is 30.7. The van der Waals surface area contributed by atoms with Gasteiger partial charge in [-0.15, -0.1) is 0 Å². The first-order valence-electron chi connectivity index (χ1n) is 13.1. The molecule has 1 fully saturated rings. The maximum absolute atomic E-state index is 12.0. The van der Waals surface area contributed by atoms with Gasteiger partial charge in [0.1, 0.15) is 6.61 Å². The van der Waals surface area contributed by atoms with E-state index in [0.29, 0.717) is 16.4 Å². The van der Waals surface area contributed by atoms with Crippen LogP contribution < -0.4 is 15.5 Å². The highest BCUT2D eigenvalue weighted by Crippen LogP contribution is 2.44. The highest BCUT2D eigenvalue weighted by Gasteiger charge is 2.42. The van der Waals surface area contributed by atoms with Crippen LogP contribution in [0.15, 0.2) is 79.0 Å². The second kappa shape index (κ2) is 11.9. The van der Waals surface area contributed by atoms with E-state index in [2.05, 4.69) is 45.0 Å². The Morgan fingerprint density at radius 1 is 1.00 bits per heavy atom. The van der Waals surface area contributed by atoms with Crippen molar-refractivity contribution in [1.29, 1.82) is 0 Å². The summed E-state index contributed by atoms with van der Waals surface area (Å²) < 4.78 is 11.9. The van der Waals surface area contributed by atoms with E-state index < -0.39 is 0 Å². The van der Waals surface area contributed by atoms with E-state index in [0.717, 1.165) is 34.0 Å². The molecule has 0 saturated carbocycles. The molecule has 5 rings (SSSR count). The lowest BCUT2D eigenvalue weighted by molar-refractivity contribution is -0.119. The van der Waals surface area contributed by atoms with Gasteiger partial charge in [-0.05, 0) is 98.4 Å². The number of amides is 1. The lowest BCUT2D eigenvalue weighted by Gasteiger charge is -2.28. The number of nitrogens with one attached hydrogen (secondary N) is 2. The molecule has 0 bridgehead atoms. The number of carbonyl (C=O) groups is 2. The van der Waals surface area contributed by atoms with Crippen LogP contribution in [0.2, 0.25) is 0 Å². The molecule has 4 aromatic rings. The van der Waals surface area contributed by atoms with Gasteiger partial charge in [0.05, 0.1) is 30.5 Å². The molecule has 3 heterocycles. The minimum atomic E-state index is -0.373. The van der Waals surface area contributed by atoms with E-state index in [1.54, 1.807) is 18.3 Å². The van der Waals surface area contributed by atoms with Crippen LogP contribution in [0.1, 0.15) is 45.1 Å². The van der Waals surface area contributed by atoms with Gasteiger partial charge in [0.2, 0.25) is 5.91 Å². The maximum atomic E-state index is 12.0. The van der Waals surface area contributed by atoms with E-state index in [1.807, 2.05) is 54.6 Å². The number of aromatic nitrogens is 2. The van der Waals surface area contributed by atoms with Crippen molar-refractivity contribution in [2.24, 2.45) is 0 Å². The van der Waals surface area contributed by atoms with Gasteiger partial charge in [-0.1, -0.05) is 6.07 Å². The Morgan fingerprint density at radius 2 is 1.71 bits per heavy atom. The number of esters is 1. The first-order valence-corrected chi connectivity index (χ1v) is 13.5. The molecule has 2 N–H and O–H groups in total. The molecule has 1 amide bonds. The molecule has 210 valence electrons. The molecule has 2 aromatic heterocycles. The first kappa shape index (κ1) is 28.0. The third kappa shape index (κ3) is 5.57. The van der Waals surface area contributed by atoms with Crippen molar-refractivity contribution in [2.45, 2.75) is 25.9 Å². The topological polar surface area (TPSA) is 97.7 Å². The average Bonchev–Trinajstić information content (AvgIpc) is 3.48. The number of methoxy groups -OCH3 is 2. The van der Waals surface area contributed by atoms with Crippen LogP contribution in [0.5, 0.6) is 0 Å². The SMILES string of the molecule is COCC(=O)Nc1ccc(N2C(=S)N[C@H](c3ccccn3)[C@H]2c2cc(C)n(-c3ccc(C(=O)OC)cc3)c2C)cc1. The number of hydrogen-bond donors (Lipinski definition) is 2. The molecular weight excluding hydrogens is 538 g/mol. The number of ether oxygens (including phenoxy) is 2. The van der Waals surface area contributed by atoms with E-state index in [9.17, 15) is 9.59 Å². The molecule has 0 aliphatic carbocycles. The number of rotatable bonds is 8. The number of aryl methyl sites for hydroxylation is 1. The molecule has 9 nitrogen and oxygen atoms in total. The number of pyridine rings is 1. The third-order valence-corrected chi connectivity index (χ3v) is 7.45. The van der Waals surface area contributed by atoms with Gasteiger partial charge in [-0.2, -0.15) is 0 Å². The van der Waals surface area contributed by atoms with Crippen LogP contribution in [0, 0.1) is 13.8 Å². The molecule has 1 saturated heterocycles. The van der Waals surface area contributed by atoms with Crippen molar-refractivity contribution < 1.29 is 19.1 Å². The molecule has 1 aliphatic rings. The van der Waals surface area contributed by atoms with Gasteiger partial charge in [0.25, 0.3) is 0 Å². The number of carbonyl (C=O) groups excluding carboxylic acids is 2. The Bertz CT molecular complexity index is 1570. The van der Waals surface area contributed by atoms with Crippen LogP contribution in [0.25, 0.3) is 5.69 Å². The monoisotopic (exact) mass is 569 g/mol. The minimum Gasteiger partial charge on any atom is -0.465 e. The Labute approximate surface area is 244 Å². The van der Waals surface area contributed by atoms with Crippen molar-refractivity contribution in [3.8, 4) is 5.69 Å². The molecule has 10 heteroatoms. The molecule has 0 spiro atoms. The zero-order valence-electron chi connectivity index (χ0n) is 23.3. The van der Waals surface area contributed by atoms with Crippen LogP contribution in [0.4, 0.5) is 11.4 Å². The van der Waals surface area contributed by atoms with Crippen molar-refractivity contribution in [1.82, 2.24) is 14.9 Å².